The van der Waals surface area contributed by atoms with E-state index in [4.69, 9.17) is 0 Å². The first-order chi connectivity index (χ1) is 18.8. The van der Waals surface area contributed by atoms with Gasteiger partial charge in [-0.3, -0.25) is 0 Å². The van der Waals surface area contributed by atoms with Crippen molar-refractivity contribution in [2.24, 2.45) is 0 Å². The average molecular weight is 487 g/mol. The van der Waals surface area contributed by atoms with Gasteiger partial charge in [0.2, 0.25) is 0 Å². The fourth-order valence-electron chi connectivity index (χ4n) is 5.29. The third-order valence-electron chi connectivity index (χ3n) is 7.21. The monoisotopic (exact) mass is 486 g/mol. The highest BCUT2D eigenvalue weighted by Crippen LogP contribution is 2.35. The molecule has 0 aliphatic carbocycles. The molecule has 0 heterocycles. The minimum absolute atomic E-state index is 0.900. The highest BCUT2D eigenvalue weighted by atomic mass is 14.2. The molecule has 0 aliphatic heterocycles. The molecule has 182 valence electrons. The molecule has 0 heteroatoms. The highest BCUT2D eigenvalue weighted by Gasteiger charge is 2.12. The van der Waals surface area contributed by atoms with E-state index >= 15 is 0 Å². The zero-order valence-corrected chi connectivity index (χ0v) is 21.4. The van der Waals surface area contributed by atoms with Crippen LogP contribution >= 0.6 is 0 Å². The minimum atomic E-state index is 0.900. The topological polar surface area (TPSA) is 0 Å². The Morgan fingerprint density at radius 1 is 0.474 bits per heavy atom. The van der Waals surface area contributed by atoms with Gasteiger partial charge >= 0.3 is 0 Å². The van der Waals surface area contributed by atoms with Crippen molar-refractivity contribution < 1.29 is 0 Å². The Morgan fingerprint density at radius 2 is 1.05 bits per heavy atom. The molecule has 0 saturated heterocycles. The van der Waals surface area contributed by atoms with Gasteiger partial charge in [-0.05, 0) is 68.1 Å². The van der Waals surface area contributed by atoms with Crippen molar-refractivity contribution >= 4 is 16.3 Å². The van der Waals surface area contributed by atoms with Crippen LogP contribution in [-0.4, -0.2) is 0 Å². The summed E-state index contributed by atoms with van der Waals surface area (Å²) in [5, 5.41) is 2.58. The number of hydrogen-bond acceptors (Lipinski definition) is 0. The molecule has 0 N–H and O–H groups in total. The van der Waals surface area contributed by atoms with Crippen LogP contribution < -0.4 is 0 Å². The summed E-state index contributed by atoms with van der Waals surface area (Å²) in [5.41, 5.74) is 10.3. The van der Waals surface area contributed by atoms with Gasteiger partial charge in [-0.15, -0.1) is 0 Å². The number of benzene rings is 6. The van der Waals surface area contributed by atoms with E-state index in [1.165, 1.54) is 55.3 Å². The lowest BCUT2D eigenvalue weighted by atomic mass is 9.88. The third-order valence-corrected chi connectivity index (χ3v) is 7.21. The van der Waals surface area contributed by atoms with Gasteiger partial charge in [-0.2, -0.15) is 0 Å². The molecule has 0 unspecified atom stereocenters. The van der Waals surface area contributed by atoms with E-state index in [0.29, 0.717) is 0 Å². The lowest BCUT2D eigenvalue weighted by Gasteiger charge is -2.15. The Kier molecular flexibility index (Phi) is 6.96. The van der Waals surface area contributed by atoms with Gasteiger partial charge in [0.05, 0.1) is 0 Å². The summed E-state index contributed by atoms with van der Waals surface area (Å²) in [6.07, 6.45) is 4.17. The van der Waals surface area contributed by atoms with Crippen LogP contribution in [0.2, 0.25) is 0 Å². The SMILES string of the molecule is C(/Cc1ccccc1)=C(\c1ccccc1)c1ccc(-c2c(Cc3ccccc3)ccc3ccccc23)cc1. The molecule has 0 radical (unpaired) electrons. The summed E-state index contributed by atoms with van der Waals surface area (Å²) in [5.74, 6) is 0. The van der Waals surface area contributed by atoms with Crippen molar-refractivity contribution in [1.82, 2.24) is 0 Å². The van der Waals surface area contributed by atoms with Gasteiger partial charge in [0.1, 0.15) is 0 Å². The molecule has 0 amide bonds. The summed E-state index contributed by atoms with van der Waals surface area (Å²) in [7, 11) is 0. The minimum Gasteiger partial charge on any atom is -0.0717 e. The number of allylic oxidation sites excluding steroid dienone is 1. The van der Waals surface area contributed by atoms with E-state index in [1.54, 1.807) is 0 Å². The zero-order valence-electron chi connectivity index (χ0n) is 21.4. The molecule has 0 atom stereocenters. The summed E-state index contributed by atoms with van der Waals surface area (Å²) in [6.45, 7) is 0. The van der Waals surface area contributed by atoms with E-state index in [0.717, 1.165) is 12.8 Å². The number of rotatable bonds is 7. The largest absolute Gasteiger partial charge is 0.0717 e. The van der Waals surface area contributed by atoms with Crippen molar-refractivity contribution in [1.29, 1.82) is 0 Å². The van der Waals surface area contributed by atoms with E-state index in [-0.39, 0.29) is 0 Å². The molecule has 6 aromatic carbocycles. The van der Waals surface area contributed by atoms with Crippen LogP contribution in [0.1, 0.15) is 27.8 Å². The van der Waals surface area contributed by atoms with Gasteiger partial charge in [-0.1, -0.05) is 158 Å². The molecule has 0 saturated carbocycles. The Morgan fingerprint density at radius 3 is 1.76 bits per heavy atom. The summed E-state index contributed by atoms with van der Waals surface area (Å²) < 4.78 is 0. The fourth-order valence-corrected chi connectivity index (χ4v) is 5.29. The predicted octanol–water partition coefficient (Wildman–Crippen LogP) is 9.77. The lowest BCUT2D eigenvalue weighted by molar-refractivity contribution is 1.20. The van der Waals surface area contributed by atoms with Crippen molar-refractivity contribution in [3.63, 3.8) is 0 Å². The summed E-state index contributed by atoms with van der Waals surface area (Å²) >= 11 is 0. The van der Waals surface area contributed by atoms with Crippen molar-refractivity contribution in [2.45, 2.75) is 12.8 Å². The molecule has 0 aliphatic rings. The Balaban J connectivity index is 1.41. The highest BCUT2D eigenvalue weighted by molar-refractivity contribution is 5.98. The molecule has 0 nitrogen and oxygen atoms in total. The molecular weight excluding hydrogens is 456 g/mol. The second-order valence-electron chi connectivity index (χ2n) is 9.73. The molecule has 0 aromatic heterocycles. The van der Waals surface area contributed by atoms with Crippen molar-refractivity contribution in [2.75, 3.05) is 0 Å². The average Bonchev–Trinajstić information content (AvgIpc) is 2.99. The smallest absolute Gasteiger partial charge is 0.00194 e. The molecule has 6 rings (SSSR count). The van der Waals surface area contributed by atoms with Crippen LogP contribution in [0.15, 0.2) is 158 Å². The normalized spacial score (nSPS) is 11.5. The van der Waals surface area contributed by atoms with Crippen LogP contribution in [0, 0.1) is 0 Å². The van der Waals surface area contributed by atoms with Gasteiger partial charge in [0.25, 0.3) is 0 Å². The van der Waals surface area contributed by atoms with Gasteiger partial charge in [0, 0.05) is 0 Å². The first kappa shape index (κ1) is 23.7. The molecule has 0 fully saturated rings. The molecule has 6 aromatic rings. The quantitative estimate of drug-likeness (QED) is 0.211. The lowest BCUT2D eigenvalue weighted by Crippen LogP contribution is -1.95. The summed E-state index contributed by atoms with van der Waals surface area (Å²) in [4.78, 5) is 0. The molecule has 38 heavy (non-hydrogen) atoms. The second kappa shape index (κ2) is 11.2. The van der Waals surface area contributed by atoms with E-state index in [2.05, 4.69) is 158 Å². The maximum Gasteiger partial charge on any atom is -0.00194 e. The second-order valence-corrected chi connectivity index (χ2v) is 9.73. The van der Waals surface area contributed by atoms with Crippen LogP contribution in [0.25, 0.3) is 27.5 Å². The third kappa shape index (κ3) is 5.21. The predicted molar refractivity (Wildman–Crippen MR) is 162 cm³/mol. The van der Waals surface area contributed by atoms with Gasteiger partial charge < -0.3 is 0 Å². The Bertz CT molecular complexity index is 1660. The van der Waals surface area contributed by atoms with Crippen LogP contribution in [-0.2, 0) is 12.8 Å². The molecular formula is C38H30. The van der Waals surface area contributed by atoms with Gasteiger partial charge in [-0.25, -0.2) is 0 Å². The maximum atomic E-state index is 2.36. The van der Waals surface area contributed by atoms with Crippen LogP contribution in [0.5, 0.6) is 0 Å². The first-order valence-corrected chi connectivity index (χ1v) is 13.3. The Hall–Kier alpha value is -4.68. The van der Waals surface area contributed by atoms with Crippen molar-refractivity contribution in [3.8, 4) is 11.1 Å². The maximum absolute atomic E-state index is 2.36. The molecule has 0 spiro atoms. The zero-order chi connectivity index (χ0) is 25.6. The van der Waals surface area contributed by atoms with Crippen LogP contribution in [0.3, 0.4) is 0 Å². The number of hydrogen-bond donors (Lipinski definition) is 0. The fraction of sp³-hybridized carbons (Fsp3) is 0.0526. The van der Waals surface area contributed by atoms with Crippen LogP contribution in [0.4, 0.5) is 0 Å². The van der Waals surface area contributed by atoms with Gasteiger partial charge in [0.15, 0.2) is 0 Å². The standard InChI is InChI=1S/C38H30/c1-4-12-29(13-5-1)20-27-36(31-16-8-3-9-17-31)33-21-24-34(25-22-33)38-35(28-30-14-6-2-7-15-30)26-23-32-18-10-11-19-37(32)38/h1-19,21-27H,20,28H2/b36-27-. The summed E-state index contributed by atoms with van der Waals surface area (Å²) in [6, 6.07) is 54.6. The van der Waals surface area contributed by atoms with E-state index in [1.807, 2.05) is 0 Å². The first-order valence-electron chi connectivity index (χ1n) is 13.3. The Labute approximate surface area is 225 Å². The number of fused-ring (bicyclic) bond motifs is 1. The van der Waals surface area contributed by atoms with E-state index in [9.17, 15) is 0 Å². The van der Waals surface area contributed by atoms with E-state index < -0.39 is 0 Å². The van der Waals surface area contributed by atoms with Crippen molar-refractivity contribution in [3.05, 3.63) is 186 Å². The molecule has 0 bridgehead atoms.